The molecule has 5 nitrogen and oxygen atoms in total. The van der Waals surface area contributed by atoms with E-state index < -0.39 is 11.4 Å². The van der Waals surface area contributed by atoms with Crippen molar-refractivity contribution in [3.05, 3.63) is 0 Å². The molecule has 0 atom stereocenters. The van der Waals surface area contributed by atoms with Crippen molar-refractivity contribution in [2.45, 2.75) is 40.0 Å². The molecule has 0 aromatic heterocycles. The molecule has 0 heterocycles. The second-order valence-electron chi connectivity index (χ2n) is 6.29. The summed E-state index contributed by atoms with van der Waals surface area (Å²) in [5, 5.41) is 8.76. The molecule has 0 aromatic carbocycles. The Bertz CT molecular complexity index is 311. The Hall–Kier alpha value is -1.10. The number of esters is 1. The fourth-order valence-electron chi connectivity index (χ4n) is 1.59. The number of aliphatic carboxylic acids is 1. The fourth-order valence-corrected chi connectivity index (χ4v) is 1.59. The molecule has 1 N–H and O–H groups in total. The zero-order valence-electron chi connectivity index (χ0n) is 12.9. The van der Waals surface area contributed by atoms with Crippen molar-refractivity contribution in [3.63, 3.8) is 0 Å². The second-order valence-corrected chi connectivity index (χ2v) is 6.29. The molecule has 112 valence electrons. The number of rotatable bonds is 9. The molecule has 0 amide bonds. The topological polar surface area (TPSA) is 63.6 Å². The number of hydrogen-bond donors (Lipinski definition) is 1. The average Bonchev–Trinajstić information content (AvgIpc) is 2.26. The van der Waals surface area contributed by atoms with E-state index in [1.165, 1.54) is 0 Å². The van der Waals surface area contributed by atoms with E-state index >= 15 is 0 Å². The normalized spacial score (nSPS) is 12.3. The monoisotopic (exact) mass is 274 g/mol. The Kier molecular flexibility index (Phi) is 7.05. The molecule has 0 spiro atoms. The van der Waals surface area contributed by atoms with Crippen LogP contribution in [0, 0.1) is 5.41 Å². The van der Waals surface area contributed by atoms with Gasteiger partial charge in [-0.1, -0.05) is 6.92 Å². The van der Waals surface area contributed by atoms with Gasteiger partial charge in [-0.15, -0.1) is 0 Å². The van der Waals surface area contributed by atoms with E-state index in [2.05, 4.69) is 0 Å². The predicted octanol–water partition coefficient (Wildman–Crippen LogP) is 1.91. The van der Waals surface area contributed by atoms with Crippen LogP contribution >= 0.6 is 0 Å². The quantitative estimate of drug-likeness (QED) is 0.396. The highest BCUT2D eigenvalue weighted by molar-refractivity contribution is 5.75. The van der Waals surface area contributed by atoms with E-state index in [0.717, 1.165) is 25.8 Å². The van der Waals surface area contributed by atoms with Gasteiger partial charge in [-0.2, -0.15) is 0 Å². The van der Waals surface area contributed by atoms with Gasteiger partial charge in [-0.3, -0.25) is 4.79 Å². The Balaban J connectivity index is 3.83. The molecule has 0 bridgehead atoms. The SMILES string of the molecule is CCC(C)(C)C(=O)OCCCC[N+](C)(C)CC(=O)O. The molecule has 0 aromatic rings. The van der Waals surface area contributed by atoms with Gasteiger partial charge in [0.05, 0.1) is 32.7 Å². The van der Waals surface area contributed by atoms with E-state index in [0.29, 0.717) is 11.1 Å². The van der Waals surface area contributed by atoms with Crippen molar-refractivity contribution in [3.8, 4) is 0 Å². The maximum Gasteiger partial charge on any atom is 0.359 e. The smallest absolute Gasteiger partial charge is 0.359 e. The van der Waals surface area contributed by atoms with Crippen LogP contribution in [0.5, 0.6) is 0 Å². The molecule has 0 saturated carbocycles. The molecule has 0 saturated heterocycles. The zero-order chi connectivity index (χ0) is 15.1. The van der Waals surface area contributed by atoms with E-state index in [-0.39, 0.29) is 12.5 Å². The van der Waals surface area contributed by atoms with Crippen molar-refractivity contribution >= 4 is 11.9 Å². The Morgan fingerprint density at radius 2 is 1.79 bits per heavy atom. The number of hydrogen-bond acceptors (Lipinski definition) is 3. The van der Waals surface area contributed by atoms with Crippen LogP contribution in [0.1, 0.15) is 40.0 Å². The summed E-state index contributed by atoms with van der Waals surface area (Å²) < 4.78 is 5.68. The van der Waals surface area contributed by atoms with E-state index in [1.54, 1.807) is 0 Å². The van der Waals surface area contributed by atoms with Gasteiger partial charge in [0.2, 0.25) is 0 Å². The number of carbonyl (C=O) groups is 2. The Morgan fingerprint density at radius 3 is 2.26 bits per heavy atom. The van der Waals surface area contributed by atoms with Crippen molar-refractivity contribution in [2.24, 2.45) is 5.41 Å². The third-order valence-electron chi connectivity index (χ3n) is 3.39. The molecular formula is C14H28NO4+. The van der Waals surface area contributed by atoms with Gasteiger partial charge in [0, 0.05) is 0 Å². The number of carboxylic acids is 1. The largest absolute Gasteiger partial charge is 0.477 e. The fraction of sp³-hybridized carbons (Fsp3) is 0.857. The molecule has 0 radical (unpaired) electrons. The predicted molar refractivity (Wildman–Crippen MR) is 73.7 cm³/mol. The van der Waals surface area contributed by atoms with E-state index in [4.69, 9.17) is 9.84 Å². The highest BCUT2D eigenvalue weighted by Gasteiger charge is 2.26. The molecule has 0 aliphatic carbocycles. The number of likely N-dealkylation sites (N-methyl/N-ethyl adjacent to an activating group) is 1. The number of unbranched alkanes of at least 4 members (excludes halogenated alkanes) is 1. The van der Waals surface area contributed by atoms with Gasteiger partial charge in [-0.05, 0) is 33.1 Å². The summed E-state index contributed by atoms with van der Waals surface area (Å²) in [5.74, 6) is -0.949. The first-order valence-electron chi connectivity index (χ1n) is 6.82. The van der Waals surface area contributed by atoms with Gasteiger partial charge in [0.1, 0.15) is 0 Å². The number of carbonyl (C=O) groups excluding carboxylic acids is 1. The maximum atomic E-state index is 11.7. The Morgan fingerprint density at radius 1 is 1.21 bits per heavy atom. The Labute approximate surface area is 116 Å². The third-order valence-corrected chi connectivity index (χ3v) is 3.39. The highest BCUT2D eigenvalue weighted by atomic mass is 16.5. The standard InChI is InChI=1S/C14H27NO4/c1-6-14(2,3)13(18)19-10-8-7-9-15(4,5)11-12(16)17/h6-11H2,1-5H3/p+1. The van der Waals surface area contributed by atoms with Crippen LogP contribution < -0.4 is 0 Å². The van der Waals surface area contributed by atoms with Crippen LogP contribution in [-0.2, 0) is 14.3 Å². The first-order chi connectivity index (χ1) is 8.60. The van der Waals surface area contributed by atoms with Crippen molar-refractivity contribution in [1.29, 1.82) is 0 Å². The zero-order valence-corrected chi connectivity index (χ0v) is 12.9. The number of quaternary nitrogens is 1. The average molecular weight is 274 g/mol. The number of ether oxygens (including phenoxy) is 1. The lowest BCUT2D eigenvalue weighted by Gasteiger charge is -2.27. The first kappa shape index (κ1) is 17.9. The highest BCUT2D eigenvalue weighted by Crippen LogP contribution is 2.21. The van der Waals surface area contributed by atoms with Crippen LogP contribution in [0.2, 0.25) is 0 Å². The van der Waals surface area contributed by atoms with E-state index in [9.17, 15) is 9.59 Å². The lowest BCUT2D eigenvalue weighted by atomic mass is 9.91. The summed E-state index contributed by atoms with van der Waals surface area (Å²) >= 11 is 0. The minimum atomic E-state index is -0.791. The van der Waals surface area contributed by atoms with Crippen molar-refractivity contribution in [1.82, 2.24) is 0 Å². The van der Waals surface area contributed by atoms with Crippen LogP contribution in [0.3, 0.4) is 0 Å². The summed E-state index contributed by atoms with van der Waals surface area (Å²) in [7, 11) is 3.78. The summed E-state index contributed by atoms with van der Waals surface area (Å²) in [5.41, 5.74) is -0.418. The van der Waals surface area contributed by atoms with Crippen molar-refractivity contribution in [2.75, 3.05) is 33.8 Å². The summed E-state index contributed by atoms with van der Waals surface area (Å²) in [6, 6.07) is 0. The van der Waals surface area contributed by atoms with Gasteiger partial charge in [0.15, 0.2) is 6.54 Å². The molecule has 0 aliphatic heterocycles. The van der Waals surface area contributed by atoms with Gasteiger partial charge < -0.3 is 14.3 Å². The number of nitrogens with zero attached hydrogens (tertiary/aromatic N) is 1. The minimum Gasteiger partial charge on any atom is -0.477 e. The minimum absolute atomic E-state index is 0.114. The van der Waals surface area contributed by atoms with Crippen LogP contribution in [-0.4, -0.2) is 55.3 Å². The van der Waals surface area contributed by atoms with Gasteiger partial charge in [-0.25, -0.2) is 4.79 Å². The second kappa shape index (κ2) is 7.48. The lowest BCUT2D eigenvalue weighted by molar-refractivity contribution is -0.883. The summed E-state index contributed by atoms with van der Waals surface area (Å²) in [6.45, 7) is 7.01. The summed E-state index contributed by atoms with van der Waals surface area (Å²) in [4.78, 5) is 22.3. The molecule has 5 heteroatoms. The lowest BCUT2D eigenvalue weighted by Crippen LogP contribution is -2.44. The van der Waals surface area contributed by atoms with Gasteiger partial charge in [0.25, 0.3) is 0 Å². The number of carboxylic acid groups (broad SMARTS) is 1. The van der Waals surface area contributed by atoms with Gasteiger partial charge >= 0.3 is 11.9 Å². The first-order valence-corrected chi connectivity index (χ1v) is 6.82. The molecule has 0 rings (SSSR count). The molecule has 0 fully saturated rings. The van der Waals surface area contributed by atoms with Crippen LogP contribution in [0.4, 0.5) is 0 Å². The summed E-state index contributed by atoms with van der Waals surface area (Å²) in [6.07, 6.45) is 2.38. The molecule has 0 aliphatic rings. The molecular weight excluding hydrogens is 246 g/mol. The van der Waals surface area contributed by atoms with E-state index in [1.807, 2.05) is 34.9 Å². The molecule has 0 unspecified atom stereocenters. The molecule has 19 heavy (non-hydrogen) atoms. The van der Waals surface area contributed by atoms with Crippen LogP contribution in [0.25, 0.3) is 0 Å². The van der Waals surface area contributed by atoms with Crippen LogP contribution in [0.15, 0.2) is 0 Å². The third kappa shape index (κ3) is 7.82. The van der Waals surface area contributed by atoms with Crippen molar-refractivity contribution < 1.29 is 23.9 Å². The maximum absolute atomic E-state index is 11.7.